The van der Waals surface area contributed by atoms with Crippen LogP contribution in [0.15, 0.2) is 36.8 Å². The molecule has 4 aromatic rings. The molecule has 2 aliphatic heterocycles. The van der Waals surface area contributed by atoms with Crippen molar-refractivity contribution in [2.45, 2.75) is 31.1 Å². The highest BCUT2D eigenvalue weighted by Crippen LogP contribution is 2.31. The number of fused-ring (bicyclic) bond motifs is 2. The Morgan fingerprint density at radius 1 is 1.19 bits per heavy atom. The van der Waals surface area contributed by atoms with Crippen molar-refractivity contribution in [1.29, 1.82) is 0 Å². The van der Waals surface area contributed by atoms with Crippen LogP contribution in [0.5, 0.6) is 0 Å². The molecule has 11 heteroatoms. The van der Waals surface area contributed by atoms with E-state index in [1.165, 1.54) is 0 Å². The number of likely N-dealkylation sites (tertiary alicyclic amines) is 1. The van der Waals surface area contributed by atoms with E-state index in [9.17, 15) is 4.39 Å². The Bertz CT molecular complexity index is 1300. The molecule has 0 amide bonds. The van der Waals surface area contributed by atoms with Crippen LogP contribution in [0.2, 0.25) is 0 Å². The van der Waals surface area contributed by atoms with Crippen molar-refractivity contribution < 1.29 is 9.13 Å². The van der Waals surface area contributed by atoms with Gasteiger partial charge in [-0.05, 0) is 31.5 Å². The monoisotopic (exact) mass is 437 g/mol. The summed E-state index contributed by atoms with van der Waals surface area (Å²) in [5.41, 5.74) is 9.22. The third-order valence-corrected chi connectivity index (χ3v) is 6.51. The number of halogens is 1. The molecule has 4 aromatic heterocycles. The molecular formula is C21H24FN9O. The maximum absolute atomic E-state index is 15.0. The van der Waals surface area contributed by atoms with Crippen molar-refractivity contribution in [3.8, 4) is 11.3 Å². The van der Waals surface area contributed by atoms with Crippen LogP contribution in [0.1, 0.15) is 13.3 Å². The summed E-state index contributed by atoms with van der Waals surface area (Å²) in [6.45, 7) is 4.61. The Kier molecular flexibility index (Phi) is 4.30. The predicted molar refractivity (Wildman–Crippen MR) is 117 cm³/mol. The van der Waals surface area contributed by atoms with Crippen LogP contribution >= 0.6 is 0 Å². The van der Waals surface area contributed by atoms with E-state index in [4.69, 9.17) is 10.5 Å². The largest absolute Gasteiger partial charge is 0.382 e. The van der Waals surface area contributed by atoms with Gasteiger partial charge in [-0.2, -0.15) is 10.1 Å². The molecule has 0 aromatic carbocycles. The summed E-state index contributed by atoms with van der Waals surface area (Å²) in [4.78, 5) is 10.8. The summed E-state index contributed by atoms with van der Waals surface area (Å²) in [7, 11) is 0. The molecule has 3 N–H and O–H groups in total. The van der Waals surface area contributed by atoms with Gasteiger partial charge in [0.05, 0.1) is 30.5 Å². The first kappa shape index (κ1) is 19.4. The van der Waals surface area contributed by atoms with Crippen LogP contribution in [0.4, 0.5) is 16.2 Å². The van der Waals surface area contributed by atoms with Gasteiger partial charge < -0.3 is 15.8 Å². The van der Waals surface area contributed by atoms with Gasteiger partial charge in [-0.15, -0.1) is 5.10 Å². The number of nitrogens with two attached hydrogens (primary N) is 1. The van der Waals surface area contributed by atoms with Crippen LogP contribution in [0.3, 0.4) is 0 Å². The smallest absolute Gasteiger partial charge is 0.243 e. The zero-order chi connectivity index (χ0) is 21.9. The number of aromatic nitrogens is 6. The van der Waals surface area contributed by atoms with Crippen LogP contribution < -0.4 is 11.1 Å². The number of imidazole rings is 1. The highest BCUT2D eigenvalue weighted by Gasteiger charge is 2.43. The number of hydrogen-bond donors (Lipinski definition) is 2. The van der Waals surface area contributed by atoms with Crippen molar-refractivity contribution in [3.63, 3.8) is 0 Å². The van der Waals surface area contributed by atoms with Crippen molar-refractivity contribution >= 4 is 22.9 Å². The molecule has 0 bridgehead atoms. The van der Waals surface area contributed by atoms with Gasteiger partial charge in [-0.1, -0.05) is 0 Å². The van der Waals surface area contributed by atoms with E-state index in [0.29, 0.717) is 43.5 Å². The summed E-state index contributed by atoms with van der Waals surface area (Å²) >= 11 is 0. The molecule has 6 rings (SSSR count). The van der Waals surface area contributed by atoms with E-state index >= 15 is 0 Å². The molecule has 0 saturated carbocycles. The van der Waals surface area contributed by atoms with Crippen LogP contribution in [-0.4, -0.2) is 78.2 Å². The number of anilines is 2. The zero-order valence-electron chi connectivity index (χ0n) is 17.6. The van der Waals surface area contributed by atoms with Crippen LogP contribution in [0, 0.1) is 0 Å². The Hall–Kier alpha value is -3.31. The number of nitrogens with zero attached hydrogens (tertiary/aromatic N) is 7. The lowest BCUT2D eigenvalue weighted by Crippen LogP contribution is -2.64. The summed E-state index contributed by atoms with van der Waals surface area (Å²) in [5.74, 6) is 0.622. The molecule has 0 unspecified atom stereocenters. The second-order valence-corrected chi connectivity index (χ2v) is 8.78. The quantitative estimate of drug-likeness (QED) is 0.496. The fourth-order valence-electron chi connectivity index (χ4n) is 4.58. The molecule has 2 aliphatic rings. The molecular weight excluding hydrogens is 413 g/mol. The third kappa shape index (κ3) is 3.07. The zero-order valence-corrected chi connectivity index (χ0v) is 17.6. The molecule has 2 atom stereocenters. The van der Waals surface area contributed by atoms with Gasteiger partial charge in [-0.25, -0.2) is 18.4 Å². The number of nitrogens with one attached hydrogen (secondary N) is 1. The normalized spacial score (nSPS) is 23.4. The van der Waals surface area contributed by atoms with Gasteiger partial charge >= 0.3 is 0 Å². The molecule has 0 aliphatic carbocycles. The minimum Gasteiger partial charge on any atom is -0.382 e. The first-order valence-corrected chi connectivity index (χ1v) is 10.7. The summed E-state index contributed by atoms with van der Waals surface area (Å²) < 4.78 is 23.7. The number of rotatable bonds is 4. The van der Waals surface area contributed by atoms with Crippen molar-refractivity contribution in [2.24, 2.45) is 0 Å². The van der Waals surface area contributed by atoms with Gasteiger partial charge in [0, 0.05) is 37.2 Å². The van der Waals surface area contributed by atoms with E-state index in [2.05, 4.69) is 37.3 Å². The lowest BCUT2D eigenvalue weighted by Gasteiger charge is -2.50. The van der Waals surface area contributed by atoms with Crippen LogP contribution in [0.25, 0.3) is 22.4 Å². The third-order valence-electron chi connectivity index (χ3n) is 6.51. The Morgan fingerprint density at radius 3 is 2.84 bits per heavy atom. The predicted octanol–water partition coefficient (Wildman–Crippen LogP) is 1.63. The minimum atomic E-state index is -1.03. The van der Waals surface area contributed by atoms with Gasteiger partial charge in [0.15, 0.2) is 11.5 Å². The molecule has 2 fully saturated rings. The molecule has 32 heavy (non-hydrogen) atoms. The lowest BCUT2D eigenvalue weighted by atomic mass is 9.92. The molecule has 2 saturated heterocycles. The number of piperidine rings is 1. The Balaban J connectivity index is 1.24. The molecule has 10 nitrogen and oxygen atoms in total. The van der Waals surface area contributed by atoms with E-state index in [1.54, 1.807) is 27.6 Å². The average Bonchev–Trinajstić information content (AvgIpc) is 3.40. The van der Waals surface area contributed by atoms with Crippen molar-refractivity contribution in [2.75, 3.05) is 37.4 Å². The highest BCUT2D eigenvalue weighted by molar-refractivity contribution is 5.86. The van der Waals surface area contributed by atoms with E-state index in [0.717, 1.165) is 23.4 Å². The molecule has 166 valence electrons. The fourth-order valence-corrected chi connectivity index (χ4v) is 4.58. The summed E-state index contributed by atoms with van der Waals surface area (Å²) in [6, 6.07) is 5.31. The summed E-state index contributed by atoms with van der Waals surface area (Å²) in [6.07, 6.45) is 4.91. The van der Waals surface area contributed by atoms with Gasteiger partial charge in [0.2, 0.25) is 5.95 Å². The average molecular weight is 437 g/mol. The minimum absolute atomic E-state index is 0.0511. The van der Waals surface area contributed by atoms with Gasteiger partial charge in [0.1, 0.15) is 11.7 Å². The number of alkyl halides is 1. The first-order chi connectivity index (χ1) is 15.5. The maximum atomic E-state index is 15.0. The standard InChI is InChI=1S/C21H24FN9O/c1-21(11-32-12-21)29-7-5-16(14(22)10-29)25-20-26-19(23)18-13(4-8-31(18)28-20)15-2-3-17-24-6-9-30(17)27-15/h2-4,6,8-9,14,16H,5,7,10-12H2,1H3,(H3,23,25,26,28)/t14-,16+/m1/s1. The van der Waals surface area contributed by atoms with Gasteiger partial charge in [0.25, 0.3) is 0 Å². The molecule has 0 spiro atoms. The number of nitrogen functional groups attached to an aromatic ring is 1. The first-order valence-electron chi connectivity index (χ1n) is 10.7. The van der Waals surface area contributed by atoms with Crippen molar-refractivity contribution in [1.82, 2.24) is 34.1 Å². The summed E-state index contributed by atoms with van der Waals surface area (Å²) in [5, 5.41) is 12.3. The molecule has 0 radical (unpaired) electrons. The maximum Gasteiger partial charge on any atom is 0.243 e. The van der Waals surface area contributed by atoms with Gasteiger partial charge in [-0.3, -0.25) is 4.90 Å². The van der Waals surface area contributed by atoms with E-state index in [1.807, 2.05) is 18.2 Å². The van der Waals surface area contributed by atoms with E-state index < -0.39 is 6.17 Å². The van der Waals surface area contributed by atoms with E-state index in [-0.39, 0.29) is 11.6 Å². The van der Waals surface area contributed by atoms with Crippen LogP contribution in [-0.2, 0) is 4.74 Å². The Labute approximate surface area is 183 Å². The second-order valence-electron chi connectivity index (χ2n) is 8.78. The van der Waals surface area contributed by atoms with Crippen molar-refractivity contribution in [3.05, 3.63) is 36.8 Å². The number of ether oxygens (including phenoxy) is 1. The SMILES string of the molecule is CC1(N2CC[C@H](Nc3nc(N)c4c(-c5ccc6nccn6n5)ccn4n3)[C@H](F)C2)COC1. The Morgan fingerprint density at radius 2 is 2.06 bits per heavy atom. The second kappa shape index (κ2) is 7.10. The fraction of sp³-hybridized carbons (Fsp3) is 0.429. The molecule has 6 heterocycles. The lowest BCUT2D eigenvalue weighted by molar-refractivity contribution is -0.142. The highest BCUT2D eigenvalue weighted by atomic mass is 19.1. The number of hydrogen-bond acceptors (Lipinski definition) is 8. The topological polar surface area (TPSA) is 111 Å².